The van der Waals surface area contributed by atoms with Gasteiger partial charge in [0.2, 0.25) is 0 Å². The number of amides is 1. The van der Waals surface area contributed by atoms with Crippen LogP contribution in [0.25, 0.3) is 0 Å². The van der Waals surface area contributed by atoms with Gasteiger partial charge < -0.3 is 20.1 Å². The minimum absolute atomic E-state index is 0.270. The molecule has 0 spiro atoms. The van der Waals surface area contributed by atoms with E-state index in [9.17, 15) is 4.79 Å². The number of benzene rings is 2. The summed E-state index contributed by atoms with van der Waals surface area (Å²) in [6.45, 7) is 1.08. The van der Waals surface area contributed by atoms with Crippen LogP contribution in [0.5, 0.6) is 11.5 Å². The lowest BCUT2D eigenvalue weighted by atomic mass is 10.1. The first-order chi connectivity index (χ1) is 14.2. The smallest absolute Gasteiger partial charge is 0.271 e. The highest BCUT2D eigenvalue weighted by Gasteiger charge is 2.08. The number of hydrogen-bond donors (Lipinski definition) is 2. The molecule has 0 aliphatic rings. The van der Waals surface area contributed by atoms with Gasteiger partial charge in [-0.25, -0.2) is 9.97 Å². The molecule has 0 radical (unpaired) electrons. The minimum atomic E-state index is -0.270. The summed E-state index contributed by atoms with van der Waals surface area (Å²) in [5.74, 6) is 1.99. The predicted molar refractivity (Wildman–Crippen MR) is 111 cm³/mol. The molecule has 3 aromatic rings. The average Bonchev–Trinajstić information content (AvgIpc) is 2.78. The third-order valence-electron chi connectivity index (χ3n) is 4.39. The predicted octanol–water partition coefficient (Wildman–Crippen LogP) is 3.08. The van der Waals surface area contributed by atoms with Gasteiger partial charge in [-0.3, -0.25) is 4.79 Å². The molecule has 0 aliphatic carbocycles. The van der Waals surface area contributed by atoms with Crippen molar-refractivity contribution in [3.05, 3.63) is 77.7 Å². The third kappa shape index (κ3) is 5.68. The summed E-state index contributed by atoms with van der Waals surface area (Å²) in [4.78, 5) is 20.7. The maximum absolute atomic E-state index is 12.2. The van der Waals surface area contributed by atoms with Crippen LogP contribution in [0, 0.1) is 0 Å². The molecule has 150 valence electrons. The summed E-state index contributed by atoms with van der Waals surface area (Å²) in [6, 6.07) is 15.4. The lowest BCUT2D eigenvalue weighted by Gasteiger charge is -2.09. The van der Waals surface area contributed by atoms with E-state index in [-0.39, 0.29) is 11.6 Å². The molecule has 1 heterocycles. The Morgan fingerprint density at radius 3 is 2.45 bits per heavy atom. The fourth-order valence-corrected chi connectivity index (χ4v) is 2.79. The first kappa shape index (κ1) is 20.1. The normalized spacial score (nSPS) is 10.3. The monoisotopic (exact) mass is 392 g/mol. The number of methoxy groups -OCH3 is 2. The van der Waals surface area contributed by atoms with E-state index in [0.717, 1.165) is 29.0 Å². The van der Waals surface area contributed by atoms with E-state index in [1.807, 2.05) is 48.5 Å². The molecule has 0 saturated carbocycles. The van der Waals surface area contributed by atoms with E-state index in [1.165, 1.54) is 6.20 Å². The fraction of sp³-hybridized carbons (Fsp3) is 0.227. The number of anilines is 1. The molecule has 3 rings (SSSR count). The maximum atomic E-state index is 12.2. The van der Waals surface area contributed by atoms with Gasteiger partial charge in [0, 0.05) is 13.1 Å². The number of rotatable bonds is 9. The molecule has 0 fully saturated rings. The van der Waals surface area contributed by atoms with Crippen LogP contribution in [0.4, 0.5) is 5.82 Å². The van der Waals surface area contributed by atoms with E-state index in [0.29, 0.717) is 18.9 Å². The largest absolute Gasteiger partial charge is 0.497 e. The van der Waals surface area contributed by atoms with Crippen molar-refractivity contribution in [3.63, 3.8) is 0 Å². The lowest BCUT2D eigenvalue weighted by molar-refractivity contribution is 0.0945. The number of ether oxygens (including phenoxy) is 2. The van der Waals surface area contributed by atoms with Crippen molar-refractivity contribution >= 4 is 11.7 Å². The van der Waals surface area contributed by atoms with Crippen LogP contribution in [0.2, 0.25) is 0 Å². The Morgan fingerprint density at radius 1 is 0.966 bits per heavy atom. The SMILES string of the molecule is COc1ccc(CNC(=O)c2cnc(NCCc3ccccc3OC)cn2)cc1. The minimum Gasteiger partial charge on any atom is -0.497 e. The number of aromatic nitrogens is 2. The molecule has 0 aliphatic heterocycles. The summed E-state index contributed by atoms with van der Waals surface area (Å²) in [7, 11) is 3.28. The Kier molecular flexibility index (Phi) is 7.00. The molecule has 29 heavy (non-hydrogen) atoms. The van der Waals surface area contributed by atoms with Gasteiger partial charge >= 0.3 is 0 Å². The number of carbonyl (C=O) groups is 1. The zero-order valence-corrected chi connectivity index (χ0v) is 16.5. The molecule has 0 atom stereocenters. The van der Waals surface area contributed by atoms with Crippen LogP contribution in [0.3, 0.4) is 0 Å². The van der Waals surface area contributed by atoms with E-state index >= 15 is 0 Å². The number of nitrogens with one attached hydrogen (secondary N) is 2. The quantitative estimate of drug-likeness (QED) is 0.582. The van der Waals surface area contributed by atoms with Gasteiger partial charge in [-0.1, -0.05) is 30.3 Å². The summed E-state index contributed by atoms with van der Waals surface area (Å²) < 4.78 is 10.5. The van der Waals surface area contributed by atoms with Crippen LogP contribution in [0.15, 0.2) is 60.9 Å². The van der Waals surface area contributed by atoms with E-state index in [4.69, 9.17) is 9.47 Å². The van der Waals surface area contributed by atoms with Crippen LogP contribution in [-0.4, -0.2) is 36.6 Å². The van der Waals surface area contributed by atoms with Gasteiger partial charge in [0.25, 0.3) is 5.91 Å². The molecule has 2 aromatic carbocycles. The topological polar surface area (TPSA) is 85.4 Å². The molecule has 1 amide bonds. The molecule has 7 heteroatoms. The Morgan fingerprint density at radius 2 is 1.76 bits per heavy atom. The number of carbonyl (C=O) groups excluding carboxylic acids is 1. The van der Waals surface area contributed by atoms with Crippen LogP contribution >= 0.6 is 0 Å². The standard InChI is InChI=1S/C22H24N4O3/c1-28-18-9-7-16(8-10-18)13-26-22(27)19-14-25-21(15-24-19)23-12-11-17-5-3-4-6-20(17)29-2/h3-10,14-15H,11-13H2,1-2H3,(H,23,25)(H,26,27). The van der Waals surface area contributed by atoms with Crippen LogP contribution in [-0.2, 0) is 13.0 Å². The second kappa shape index (κ2) is 10.1. The van der Waals surface area contributed by atoms with E-state index in [1.54, 1.807) is 20.4 Å². The van der Waals surface area contributed by atoms with Gasteiger partial charge in [-0.05, 0) is 35.7 Å². The van der Waals surface area contributed by atoms with Crippen LogP contribution < -0.4 is 20.1 Å². The Bertz CT molecular complexity index is 928. The van der Waals surface area contributed by atoms with Crippen molar-refractivity contribution in [1.29, 1.82) is 0 Å². The fourth-order valence-electron chi connectivity index (χ4n) is 2.79. The van der Waals surface area contributed by atoms with Gasteiger partial charge in [0.1, 0.15) is 23.0 Å². The Labute approximate surface area is 170 Å². The first-order valence-electron chi connectivity index (χ1n) is 9.28. The summed E-state index contributed by atoms with van der Waals surface area (Å²) >= 11 is 0. The highest BCUT2D eigenvalue weighted by atomic mass is 16.5. The van der Waals surface area contributed by atoms with Gasteiger partial charge in [-0.2, -0.15) is 0 Å². The van der Waals surface area contributed by atoms with Crippen molar-refractivity contribution in [2.75, 3.05) is 26.1 Å². The maximum Gasteiger partial charge on any atom is 0.271 e. The summed E-state index contributed by atoms with van der Waals surface area (Å²) in [6.07, 6.45) is 3.81. The van der Waals surface area contributed by atoms with Crippen LogP contribution in [0.1, 0.15) is 21.6 Å². The summed E-state index contributed by atoms with van der Waals surface area (Å²) in [5.41, 5.74) is 2.36. The summed E-state index contributed by atoms with van der Waals surface area (Å²) in [5, 5.41) is 6.04. The molecule has 0 unspecified atom stereocenters. The van der Waals surface area contributed by atoms with Gasteiger partial charge in [-0.15, -0.1) is 0 Å². The third-order valence-corrected chi connectivity index (χ3v) is 4.39. The molecule has 0 saturated heterocycles. The van der Waals surface area contributed by atoms with Gasteiger partial charge in [0.15, 0.2) is 0 Å². The number of hydrogen-bond acceptors (Lipinski definition) is 6. The second-order valence-electron chi connectivity index (χ2n) is 6.31. The molecule has 0 bridgehead atoms. The molecular weight excluding hydrogens is 368 g/mol. The van der Waals surface area contributed by atoms with E-state index in [2.05, 4.69) is 20.6 Å². The average molecular weight is 392 g/mol. The molecule has 7 nitrogen and oxygen atoms in total. The Hall–Kier alpha value is -3.61. The van der Waals surface area contributed by atoms with Crippen molar-refractivity contribution in [1.82, 2.24) is 15.3 Å². The van der Waals surface area contributed by atoms with Crippen molar-refractivity contribution in [2.45, 2.75) is 13.0 Å². The Balaban J connectivity index is 1.48. The van der Waals surface area contributed by atoms with Crippen molar-refractivity contribution < 1.29 is 14.3 Å². The van der Waals surface area contributed by atoms with E-state index < -0.39 is 0 Å². The lowest BCUT2D eigenvalue weighted by Crippen LogP contribution is -2.24. The number of para-hydroxylation sites is 1. The molecule has 1 aromatic heterocycles. The second-order valence-corrected chi connectivity index (χ2v) is 6.31. The highest BCUT2D eigenvalue weighted by molar-refractivity contribution is 5.91. The first-order valence-corrected chi connectivity index (χ1v) is 9.28. The van der Waals surface area contributed by atoms with Crippen molar-refractivity contribution in [3.8, 4) is 11.5 Å². The zero-order valence-electron chi connectivity index (χ0n) is 16.5. The molecular formula is C22H24N4O3. The number of nitrogens with zero attached hydrogens (tertiary/aromatic N) is 2. The highest BCUT2D eigenvalue weighted by Crippen LogP contribution is 2.17. The van der Waals surface area contributed by atoms with Crippen molar-refractivity contribution in [2.24, 2.45) is 0 Å². The zero-order chi connectivity index (χ0) is 20.5. The molecule has 2 N–H and O–H groups in total. The van der Waals surface area contributed by atoms with Gasteiger partial charge in [0.05, 0.1) is 26.6 Å².